The lowest BCUT2D eigenvalue weighted by Gasteiger charge is -2.19. The van der Waals surface area contributed by atoms with Crippen LogP contribution in [0.15, 0.2) is 36.5 Å². The molecule has 0 aliphatic rings. The van der Waals surface area contributed by atoms with Crippen molar-refractivity contribution in [2.45, 2.75) is 33.3 Å². The maximum Gasteiger partial charge on any atom is 0.404 e. The first-order chi connectivity index (χ1) is 13.2. The molecule has 2 aromatic rings. The van der Waals surface area contributed by atoms with Gasteiger partial charge in [0.15, 0.2) is 0 Å². The molecule has 1 aromatic heterocycles. The molecule has 1 unspecified atom stereocenters. The van der Waals surface area contributed by atoms with Crippen LogP contribution >= 0.6 is 11.6 Å². The van der Waals surface area contributed by atoms with Crippen LogP contribution in [0.2, 0.25) is 5.02 Å². The zero-order valence-corrected chi connectivity index (χ0v) is 16.8. The van der Waals surface area contributed by atoms with E-state index in [-0.39, 0.29) is 12.5 Å². The molecule has 0 fully saturated rings. The molecule has 2 amide bonds. The van der Waals surface area contributed by atoms with Crippen molar-refractivity contribution in [3.63, 3.8) is 0 Å². The Bertz CT molecular complexity index is 842. The molecular formula is C20H24ClN3O4. The number of hydrogen-bond donors (Lipinski definition) is 2. The molecule has 8 heteroatoms. The third-order valence-electron chi connectivity index (χ3n) is 3.77. The maximum atomic E-state index is 11.2. The van der Waals surface area contributed by atoms with E-state index in [1.807, 2.05) is 26.0 Å². The largest absolute Gasteiger partial charge is 0.488 e. The van der Waals surface area contributed by atoms with Crippen LogP contribution in [0, 0.1) is 5.92 Å². The van der Waals surface area contributed by atoms with Crippen molar-refractivity contribution in [1.29, 1.82) is 0 Å². The molecule has 0 spiro atoms. The van der Waals surface area contributed by atoms with Crippen molar-refractivity contribution in [2.75, 3.05) is 11.9 Å². The van der Waals surface area contributed by atoms with E-state index in [1.165, 1.54) is 6.92 Å². The number of nitrogens with one attached hydrogen (secondary N) is 1. The summed E-state index contributed by atoms with van der Waals surface area (Å²) in [6, 6.07) is 8.92. The molecule has 3 N–H and O–H groups in total. The number of rotatable bonds is 8. The second kappa shape index (κ2) is 9.94. The van der Waals surface area contributed by atoms with E-state index < -0.39 is 12.2 Å². The fraction of sp³-hybridized carbons (Fsp3) is 0.350. The molecule has 150 valence electrons. The Morgan fingerprint density at radius 2 is 1.93 bits per heavy atom. The van der Waals surface area contributed by atoms with Gasteiger partial charge in [0.2, 0.25) is 5.91 Å². The number of aromatic nitrogens is 1. The van der Waals surface area contributed by atoms with E-state index in [0.29, 0.717) is 28.9 Å². The number of primary amides is 1. The van der Waals surface area contributed by atoms with Gasteiger partial charge in [0, 0.05) is 13.1 Å². The molecular weight excluding hydrogens is 382 g/mol. The number of halogens is 1. The van der Waals surface area contributed by atoms with Gasteiger partial charge >= 0.3 is 6.09 Å². The van der Waals surface area contributed by atoms with E-state index in [9.17, 15) is 9.59 Å². The smallest absolute Gasteiger partial charge is 0.404 e. The lowest BCUT2D eigenvalue weighted by Crippen LogP contribution is -2.29. The number of anilines is 1. The van der Waals surface area contributed by atoms with Gasteiger partial charge in [-0.05, 0) is 47.7 Å². The lowest BCUT2D eigenvalue weighted by atomic mass is 10.1. The number of hydrogen-bond acceptors (Lipinski definition) is 5. The highest BCUT2D eigenvalue weighted by Gasteiger charge is 2.16. The molecule has 0 aliphatic carbocycles. The minimum absolute atomic E-state index is 0.155. The van der Waals surface area contributed by atoms with Gasteiger partial charge in [0.1, 0.15) is 24.3 Å². The van der Waals surface area contributed by atoms with Crippen LogP contribution in [0.4, 0.5) is 10.6 Å². The molecule has 1 atom stereocenters. The van der Waals surface area contributed by atoms with Crippen molar-refractivity contribution in [3.05, 3.63) is 41.6 Å². The molecule has 0 saturated heterocycles. The monoisotopic (exact) mass is 405 g/mol. The summed E-state index contributed by atoms with van der Waals surface area (Å²) in [6.45, 7) is 5.61. The number of nitrogens with zero attached hydrogens (tertiary/aromatic N) is 1. The zero-order chi connectivity index (χ0) is 20.7. The highest BCUT2D eigenvalue weighted by molar-refractivity contribution is 6.32. The number of nitrogens with two attached hydrogens (primary N) is 1. The third-order valence-corrected chi connectivity index (χ3v) is 4.07. The minimum atomic E-state index is -0.830. The topological polar surface area (TPSA) is 104 Å². The Morgan fingerprint density at radius 1 is 1.21 bits per heavy atom. The standard InChI is InChI=1S/C20H24ClN3O4/c1-12(2)8-16(28-20(22)26)11-27-18-5-4-14(9-17(18)21)15-6-7-23-19(10-15)24-13(3)25/h4-7,9-10,12,16H,8,11H2,1-3H3,(H2,22,26)(H,23,24,25). The minimum Gasteiger partial charge on any atom is -0.488 e. The van der Waals surface area contributed by atoms with E-state index in [4.69, 9.17) is 26.8 Å². The highest BCUT2D eigenvalue weighted by atomic mass is 35.5. The fourth-order valence-corrected chi connectivity index (χ4v) is 2.91. The lowest BCUT2D eigenvalue weighted by molar-refractivity contribution is -0.114. The Labute approximate surface area is 169 Å². The summed E-state index contributed by atoms with van der Waals surface area (Å²) in [7, 11) is 0. The van der Waals surface area contributed by atoms with Crippen molar-refractivity contribution >= 4 is 29.4 Å². The van der Waals surface area contributed by atoms with Gasteiger partial charge in [-0.15, -0.1) is 0 Å². The highest BCUT2D eigenvalue weighted by Crippen LogP contribution is 2.31. The average Bonchev–Trinajstić information content (AvgIpc) is 2.59. The van der Waals surface area contributed by atoms with Crippen molar-refractivity contribution in [2.24, 2.45) is 11.7 Å². The SMILES string of the molecule is CC(=O)Nc1cc(-c2ccc(OCC(CC(C)C)OC(N)=O)c(Cl)c2)ccn1. The zero-order valence-electron chi connectivity index (χ0n) is 16.1. The van der Waals surface area contributed by atoms with Gasteiger partial charge in [-0.1, -0.05) is 31.5 Å². The molecule has 0 aliphatic heterocycles. The predicted octanol–water partition coefficient (Wildman–Crippen LogP) is 4.25. The fourth-order valence-electron chi connectivity index (χ4n) is 2.68. The molecule has 0 bridgehead atoms. The Kier molecular flexibility index (Phi) is 7.63. The van der Waals surface area contributed by atoms with Gasteiger partial charge < -0.3 is 20.5 Å². The molecule has 28 heavy (non-hydrogen) atoms. The summed E-state index contributed by atoms with van der Waals surface area (Å²) >= 11 is 6.36. The number of carbonyl (C=O) groups is 2. The first-order valence-electron chi connectivity index (χ1n) is 8.87. The van der Waals surface area contributed by atoms with Crippen LogP contribution < -0.4 is 15.8 Å². The number of benzene rings is 1. The first kappa shape index (κ1) is 21.5. The van der Waals surface area contributed by atoms with E-state index in [0.717, 1.165) is 11.1 Å². The normalized spacial score (nSPS) is 11.8. The molecule has 1 aromatic carbocycles. The summed E-state index contributed by atoms with van der Waals surface area (Å²) in [5.74, 6) is 1.06. The van der Waals surface area contributed by atoms with Crippen molar-refractivity contribution in [1.82, 2.24) is 4.98 Å². The predicted molar refractivity (Wildman–Crippen MR) is 108 cm³/mol. The molecule has 7 nitrogen and oxygen atoms in total. The second-order valence-electron chi connectivity index (χ2n) is 6.76. The molecule has 2 rings (SSSR count). The number of pyridine rings is 1. The summed E-state index contributed by atoms with van der Waals surface area (Å²) in [4.78, 5) is 26.3. The van der Waals surface area contributed by atoms with Crippen molar-refractivity contribution in [3.8, 4) is 16.9 Å². The van der Waals surface area contributed by atoms with Crippen LogP contribution in [0.5, 0.6) is 5.75 Å². The van der Waals surface area contributed by atoms with Gasteiger partial charge in [0.05, 0.1) is 5.02 Å². The van der Waals surface area contributed by atoms with Gasteiger partial charge in [-0.2, -0.15) is 0 Å². The molecule has 0 saturated carbocycles. The average molecular weight is 406 g/mol. The van der Waals surface area contributed by atoms with Crippen LogP contribution in [0.25, 0.3) is 11.1 Å². The second-order valence-corrected chi connectivity index (χ2v) is 7.16. The maximum absolute atomic E-state index is 11.2. The first-order valence-corrected chi connectivity index (χ1v) is 9.25. The Balaban J connectivity index is 2.11. The van der Waals surface area contributed by atoms with Gasteiger partial charge in [0.25, 0.3) is 0 Å². The summed E-state index contributed by atoms with van der Waals surface area (Å²) in [5, 5.41) is 3.06. The van der Waals surface area contributed by atoms with Crippen LogP contribution in [-0.4, -0.2) is 29.7 Å². The number of carbonyl (C=O) groups excluding carboxylic acids is 2. The summed E-state index contributed by atoms with van der Waals surface area (Å²) in [5.41, 5.74) is 6.82. The van der Waals surface area contributed by atoms with Crippen LogP contribution in [-0.2, 0) is 9.53 Å². The number of amides is 2. The van der Waals surface area contributed by atoms with Crippen LogP contribution in [0.1, 0.15) is 27.2 Å². The van der Waals surface area contributed by atoms with Crippen molar-refractivity contribution < 1.29 is 19.1 Å². The van der Waals surface area contributed by atoms with Crippen LogP contribution in [0.3, 0.4) is 0 Å². The summed E-state index contributed by atoms with van der Waals surface area (Å²) in [6.07, 6.45) is 0.954. The van der Waals surface area contributed by atoms with E-state index >= 15 is 0 Å². The van der Waals surface area contributed by atoms with E-state index in [2.05, 4.69) is 10.3 Å². The van der Waals surface area contributed by atoms with Gasteiger partial charge in [-0.3, -0.25) is 4.79 Å². The Morgan fingerprint density at radius 3 is 2.54 bits per heavy atom. The third kappa shape index (κ3) is 6.74. The molecule has 0 radical (unpaired) electrons. The summed E-state index contributed by atoms with van der Waals surface area (Å²) < 4.78 is 10.8. The van der Waals surface area contributed by atoms with Gasteiger partial charge in [-0.25, -0.2) is 9.78 Å². The Hall–Kier alpha value is -2.80. The molecule has 1 heterocycles. The quantitative estimate of drug-likeness (QED) is 0.683. The van der Waals surface area contributed by atoms with E-state index in [1.54, 1.807) is 24.4 Å². The number of ether oxygens (including phenoxy) is 2.